The molecule has 2 aliphatic heterocycles. The van der Waals surface area contributed by atoms with Gasteiger partial charge in [-0.15, -0.1) is 12.4 Å². The molecule has 5 nitrogen and oxygen atoms in total. The molecule has 1 N–H and O–H groups in total. The molecule has 1 spiro atoms. The number of esters is 1. The van der Waals surface area contributed by atoms with Crippen molar-refractivity contribution in [2.75, 3.05) is 33.3 Å². The van der Waals surface area contributed by atoms with E-state index in [1.807, 2.05) is 6.07 Å². The fourth-order valence-corrected chi connectivity index (χ4v) is 3.20. The van der Waals surface area contributed by atoms with Crippen molar-refractivity contribution in [1.82, 2.24) is 10.2 Å². The molecule has 3 heterocycles. The number of likely N-dealkylation sites (tertiary alicyclic amines) is 1. The van der Waals surface area contributed by atoms with E-state index in [-0.39, 0.29) is 18.2 Å². The Kier molecular flexibility index (Phi) is 4.73. The molecule has 1 aromatic rings. The standard InChI is InChI=1S/C14H20N2O3.ClH/c1-18-13(17)12-3-2-11(19-12)8-16-7-5-14(10-16)4-6-15-9-14;/h2-3,15H,4-10H2,1H3;1H. The molecule has 2 fully saturated rings. The highest BCUT2D eigenvalue weighted by Crippen LogP contribution is 2.36. The van der Waals surface area contributed by atoms with Gasteiger partial charge in [0.2, 0.25) is 5.76 Å². The van der Waals surface area contributed by atoms with Crippen molar-refractivity contribution in [1.29, 1.82) is 0 Å². The number of hydrogen-bond donors (Lipinski definition) is 1. The Morgan fingerprint density at radius 1 is 1.50 bits per heavy atom. The van der Waals surface area contributed by atoms with Crippen LogP contribution >= 0.6 is 12.4 Å². The minimum Gasteiger partial charge on any atom is -0.463 e. The summed E-state index contributed by atoms with van der Waals surface area (Å²) >= 11 is 0. The summed E-state index contributed by atoms with van der Waals surface area (Å²) in [6.07, 6.45) is 2.53. The van der Waals surface area contributed by atoms with E-state index in [0.29, 0.717) is 5.41 Å². The van der Waals surface area contributed by atoms with Crippen molar-refractivity contribution >= 4 is 18.4 Å². The Morgan fingerprint density at radius 3 is 3.05 bits per heavy atom. The second-order valence-electron chi connectivity index (χ2n) is 5.64. The fourth-order valence-electron chi connectivity index (χ4n) is 3.20. The van der Waals surface area contributed by atoms with Gasteiger partial charge < -0.3 is 14.5 Å². The topological polar surface area (TPSA) is 54.7 Å². The lowest BCUT2D eigenvalue weighted by atomic mass is 9.87. The molecule has 0 bridgehead atoms. The van der Waals surface area contributed by atoms with Crippen molar-refractivity contribution in [2.45, 2.75) is 19.4 Å². The van der Waals surface area contributed by atoms with Gasteiger partial charge in [-0.05, 0) is 43.5 Å². The molecule has 20 heavy (non-hydrogen) atoms. The predicted molar refractivity (Wildman–Crippen MR) is 77.1 cm³/mol. The maximum absolute atomic E-state index is 11.3. The molecule has 0 aliphatic carbocycles. The minimum atomic E-state index is -0.413. The number of ether oxygens (including phenoxy) is 1. The first-order chi connectivity index (χ1) is 9.21. The third-order valence-electron chi connectivity index (χ3n) is 4.28. The molecule has 0 amide bonds. The van der Waals surface area contributed by atoms with E-state index in [1.165, 1.54) is 20.0 Å². The molecule has 6 heteroatoms. The van der Waals surface area contributed by atoms with Gasteiger partial charge in [0.05, 0.1) is 13.7 Å². The summed E-state index contributed by atoms with van der Waals surface area (Å²) in [4.78, 5) is 13.7. The van der Waals surface area contributed by atoms with Crippen molar-refractivity contribution in [3.05, 3.63) is 23.7 Å². The van der Waals surface area contributed by atoms with Crippen molar-refractivity contribution < 1.29 is 13.9 Å². The summed E-state index contributed by atoms with van der Waals surface area (Å²) in [5.74, 6) is 0.710. The second kappa shape index (κ2) is 6.16. The molecule has 3 rings (SSSR count). The van der Waals surface area contributed by atoms with Crippen LogP contribution in [0.5, 0.6) is 0 Å². The highest BCUT2D eigenvalue weighted by molar-refractivity contribution is 5.86. The average molecular weight is 301 g/mol. The Labute approximate surface area is 125 Å². The van der Waals surface area contributed by atoms with E-state index in [1.54, 1.807) is 6.07 Å². The van der Waals surface area contributed by atoms with E-state index >= 15 is 0 Å². The van der Waals surface area contributed by atoms with Crippen LogP contribution in [0.2, 0.25) is 0 Å². The molecule has 2 aliphatic rings. The number of nitrogens with zero attached hydrogens (tertiary/aromatic N) is 1. The average Bonchev–Trinajstić information content (AvgIpc) is 3.13. The molecule has 0 saturated carbocycles. The molecule has 0 aromatic carbocycles. The molecule has 0 radical (unpaired) electrons. The first-order valence-electron chi connectivity index (χ1n) is 6.81. The molecular weight excluding hydrogens is 280 g/mol. The van der Waals surface area contributed by atoms with E-state index in [2.05, 4.69) is 15.0 Å². The fraction of sp³-hybridized carbons (Fsp3) is 0.643. The Hall–Kier alpha value is -1.04. The van der Waals surface area contributed by atoms with Gasteiger partial charge >= 0.3 is 5.97 Å². The molecule has 1 aromatic heterocycles. The third kappa shape index (κ3) is 3.00. The van der Waals surface area contributed by atoms with Gasteiger partial charge in [-0.3, -0.25) is 4.90 Å². The van der Waals surface area contributed by atoms with Crippen LogP contribution in [-0.2, 0) is 11.3 Å². The van der Waals surface area contributed by atoms with Crippen LogP contribution in [0, 0.1) is 5.41 Å². The number of carbonyl (C=O) groups is 1. The van der Waals surface area contributed by atoms with Gasteiger partial charge in [-0.2, -0.15) is 0 Å². The smallest absolute Gasteiger partial charge is 0.373 e. The quantitative estimate of drug-likeness (QED) is 0.861. The molecule has 1 unspecified atom stereocenters. The molecule has 2 saturated heterocycles. The summed E-state index contributed by atoms with van der Waals surface area (Å²) < 4.78 is 10.2. The van der Waals surface area contributed by atoms with Gasteiger partial charge in [-0.25, -0.2) is 4.79 Å². The van der Waals surface area contributed by atoms with E-state index in [0.717, 1.165) is 38.5 Å². The lowest BCUT2D eigenvalue weighted by molar-refractivity contribution is 0.0561. The SMILES string of the molecule is COC(=O)c1ccc(CN2CCC3(CCNC3)C2)o1.Cl. The van der Waals surface area contributed by atoms with Crippen LogP contribution in [-0.4, -0.2) is 44.2 Å². The van der Waals surface area contributed by atoms with E-state index in [4.69, 9.17) is 4.42 Å². The summed E-state index contributed by atoms with van der Waals surface area (Å²) in [5, 5.41) is 3.45. The normalized spacial score (nSPS) is 25.9. The Balaban J connectivity index is 0.00000147. The van der Waals surface area contributed by atoms with Crippen LogP contribution in [0.4, 0.5) is 0 Å². The number of halogens is 1. The van der Waals surface area contributed by atoms with Crippen LogP contribution in [0.3, 0.4) is 0 Å². The number of nitrogens with one attached hydrogen (secondary N) is 1. The lowest BCUT2D eigenvalue weighted by Gasteiger charge is -2.22. The monoisotopic (exact) mass is 300 g/mol. The summed E-state index contributed by atoms with van der Waals surface area (Å²) in [6.45, 7) is 5.28. The summed E-state index contributed by atoms with van der Waals surface area (Å²) in [6, 6.07) is 3.55. The highest BCUT2D eigenvalue weighted by Gasteiger charge is 2.40. The third-order valence-corrected chi connectivity index (χ3v) is 4.28. The van der Waals surface area contributed by atoms with Gasteiger partial charge in [0, 0.05) is 13.1 Å². The Bertz CT molecular complexity index is 469. The maximum atomic E-state index is 11.3. The van der Waals surface area contributed by atoms with Crippen LogP contribution in [0.1, 0.15) is 29.2 Å². The Morgan fingerprint density at radius 2 is 2.35 bits per heavy atom. The van der Waals surface area contributed by atoms with Gasteiger partial charge in [0.25, 0.3) is 0 Å². The van der Waals surface area contributed by atoms with E-state index < -0.39 is 5.97 Å². The number of methoxy groups -OCH3 is 1. The van der Waals surface area contributed by atoms with Crippen molar-refractivity contribution in [2.24, 2.45) is 5.41 Å². The van der Waals surface area contributed by atoms with Crippen molar-refractivity contribution in [3.63, 3.8) is 0 Å². The lowest BCUT2D eigenvalue weighted by Crippen LogP contribution is -2.28. The minimum absolute atomic E-state index is 0. The second-order valence-corrected chi connectivity index (χ2v) is 5.64. The number of rotatable bonds is 3. The highest BCUT2D eigenvalue weighted by atomic mass is 35.5. The van der Waals surface area contributed by atoms with Crippen LogP contribution in [0.25, 0.3) is 0 Å². The molecular formula is C14H21ClN2O3. The largest absolute Gasteiger partial charge is 0.463 e. The number of hydrogen-bond acceptors (Lipinski definition) is 5. The van der Waals surface area contributed by atoms with Crippen LogP contribution in [0.15, 0.2) is 16.5 Å². The predicted octanol–water partition coefficient (Wildman–Crippen LogP) is 1.67. The first kappa shape index (κ1) is 15.4. The number of furan rings is 1. The summed E-state index contributed by atoms with van der Waals surface area (Å²) in [7, 11) is 1.36. The zero-order valence-electron chi connectivity index (χ0n) is 11.7. The van der Waals surface area contributed by atoms with E-state index in [9.17, 15) is 4.79 Å². The van der Waals surface area contributed by atoms with Gasteiger partial charge in [0.1, 0.15) is 5.76 Å². The summed E-state index contributed by atoms with van der Waals surface area (Å²) in [5.41, 5.74) is 0.470. The van der Waals surface area contributed by atoms with Crippen molar-refractivity contribution in [3.8, 4) is 0 Å². The zero-order chi connectivity index (χ0) is 13.3. The molecule has 1 atom stereocenters. The van der Waals surface area contributed by atoms with Crippen LogP contribution < -0.4 is 5.32 Å². The number of carbonyl (C=O) groups excluding carboxylic acids is 1. The molecule has 112 valence electrons. The van der Waals surface area contributed by atoms with Gasteiger partial charge in [0.15, 0.2) is 0 Å². The first-order valence-corrected chi connectivity index (χ1v) is 6.81. The van der Waals surface area contributed by atoms with Gasteiger partial charge in [-0.1, -0.05) is 0 Å². The zero-order valence-corrected chi connectivity index (χ0v) is 12.5. The maximum Gasteiger partial charge on any atom is 0.373 e.